The van der Waals surface area contributed by atoms with Gasteiger partial charge in [-0.3, -0.25) is 9.59 Å². The third-order valence-corrected chi connectivity index (χ3v) is 8.29. The second kappa shape index (κ2) is 30.8. The molecule has 0 saturated carbocycles. The van der Waals surface area contributed by atoms with E-state index in [-0.39, 0.29) is 11.9 Å². The molecule has 0 saturated heterocycles. The average molecular weight is 565 g/mol. The summed E-state index contributed by atoms with van der Waals surface area (Å²) in [5.41, 5.74) is 0. The predicted molar refractivity (Wildman–Crippen MR) is 172 cm³/mol. The maximum Gasteiger partial charge on any atom is 0.314 e. The molecule has 2 N–H and O–H groups in total. The normalized spacial score (nSPS) is 13.2. The van der Waals surface area contributed by atoms with Gasteiger partial charge in [0, 0.05) is 6.42 Å². The third-order valence-electron chi connectivity index (χ3n) is 8.29. The molecule has 0 heterocycles. The highest BCUT2D eigenvalue weighted by atomic mass is 16.4. The predicted octanol–water partition coefficient (Wildman–Crippen LogP) is 11.1. The van der Waals surface area contributed by atoms with Crippen LogP contribution in [0.15, 0.2) is 12.2 Å². The smallest absolute Gasteiger partial charge is 0.314 e. The Bertz CT molecular complexity index is 585. The number of aliphatic carboxylic acids is 1. The SMILES string of the molecule is CCCCCCCC/C=C\CCCCCCCC(=O)C(CCCCCC(O)CCCCCCCCCC)C(=O)O. The van der Waals surface area contributed by atoms with Gasteiger partial charge in [-0.2, -0.15) is 0 Å². The lowest BCUT2D eigenvalue weighted by Crippen LogP contribution is -2.23. The first kappa shape index (κ1) is 38.8. The summed E-state index contributed by atoms with van der Waals surface area (Å²) < 4.78 is 0. The Labute approximate surface area is 249 Å². The number of hydrogen-bond acceptors (Lipinski definition) is 3. The van der Waals surface area contributed by atoms with E-state index in [1.54, 1.807) is 0 Å². The van der Waals surface area contributed by atoms with E-state index in [0.29, 0.717) is 12.8 Å². The van der Waals surface area contributed by atoms with Crippen LogP contribution in [0.3, 0.4) is 0 Å². The molecule has 4 heteroatoms. The monoisotopic (exact) mass is 565 g/mol. The Morgan fingerprint density at radius 2 is 0.900 bits per heavy atom. The van der Waals surface area contributed by atoms with E-state index >= 15 is 0 Å². The van der Waals surface area contributed by atoms with Crippen LogP contribution in [0.2, 0.25) is 0 Å². The zero-order valence-electron chi connectivity index (χ0n) is 26.8. The van der Waals surface area contributed by atoms with Crippen LogP contribution in [0.1, 0.15) is 194 Å². The van der Waals surface area contributed by atoms with E-state index in [1.807, 2.05) is 0 Å². The largest absolute Gasteiger partial charge is 0.481 e. The Balaban J connectivity index is 3.69. The molecular weight excluding hydrogens is 496 g/mol. The van der Waals surface area contributed by atoms with Crippen LogP contribution in [-0.2, 0) is 9.59 Å². The van der Waals surface area contributed by atoms with E-state index in [2.05, 4.69) is 26.0 Å². The highest BCUT2D eigenvalue weighted by Gasteiger charge is 2.24. The van der Waals surface area contributed by atoms with Crippen molar-refractivity contribution in [3.8, 4) is 0 Å². The molecule has 0 aromatic rings. The molecule has 0 radical (unpaired) electrons. The van der Waals surface area contributed by atoms with Crippen molar-refractivity contribution in [3.05, 3.63) is 12.2 Å². The zero-order valence-corrected chi connectivity index (χ0v) is 26.8. The molecule has 40 heavy (non-hydrogen) atoms. The highest BCUT2D eigenvalue weighted by Crippen LogP contribution is 2.19. The van der Waals surface area contributed by atoms with Crippen LogP contribution in [0, 0.1) is 5.92 Å². The number of hydrogen-bond donors (Lipinski definition) is 2. The Morgan fingerprint density at radius 3 is 1.38 bits per heavy atom. The average Bonchev–Trinajstić information content (AvgIpc) is 2.93. The highest BCUT2D eigenvalue weighted by molar-refractivity contribution is 5.98. The van der Waals surface area contributed by atoms with Crippen LogP contribution >= 0.6 is 0 Å². The molecule has 0 aromatic carbocycles. The van der Waals surface area contributed by atoms with Gasteiger partial charge in [0.2, 0.25) is 0 Å². The van der Waals surface area contributed by atoms with Gasteiger partial charge in [-0.05, 0) is 51.4 Å². The second-order valence-electron chi connectivity index (χ2n) is 12.2. The number of aliphatic hydroxyl groups is 1. The van der Waals surface area contributed by atoms with Gasteiger partial charge in [0.05, 0.1) is 6.10 Å². The summed E-state index contributed by atoms with van der Waals surface area (Å²) in [5, 5.41) is 19.8. The van der Waals surface area contributed by atoms with Gasteiger partial charge in [-0.15, -0.1) is 0 Å². The molecule has 0 aliphatic rings. The first-order valence-electron chi connectivity index (χ1n) is 17.6. The standard InChI is InChI=1S/C36H68O4/c1-3-5-7-9-11-13-14-15-16-17-18-19-21-23-28-32-35(38)34(36(39)40)31-27-24-26-30-33(37)29-25-22-20-12-10-8-6-4-2/h15-16,33-34,37H,3-14,17-32H2,1-2H3,(H,39,40)/b16-15-. The van der Waals surface area contributed by atoms with E-state index in [4.69, 9.17) is 0 Å². The lowest BCUT2D eigenvalue weighted by Gasteiger charge is -2.13. The van der Waals surface area contributed by atoms with Gasteiger partial charge in [0.1, 0.15) is 11.7 Å². The molecule has 236 valence electrons. The van der Waals surface area contributed by atoms with Crippen LogP contribution in [0.25, 0.3) is 0 Å². The van der Waals surface area contributed by atoms with Crippen LogP contribution < -0.4 is 0 Å². The summed E-state index contributed by atoms with van der Waals surface area (Å²) in [5.74, 6) is -1.91. The number of rotatable bonds is 32. The van der Waals surface area contributed by atoms with Gasteiger partial charge >= 0.3 is 5.97 Å². The molecule has 0 aliphatic heterocycles. The maximum absolute atomic E-state index is 12.5. The van der Waals surface area contributed by atoms with Crippen molar-refractivity contribution in [1.82, 2.24) is 0 Å². The van der Waals surface area contributed by atoms with Gasteiger partial charge < -0.3 is 10.2 Å². The lowest BCUT2D eigenvalue weighted by molar-refractivity contribution is -0.146. The Kier molecular flexibility index (Phi) is 29.9. The van der Waals surface area contributed by atoms with Gasteiger partial charge in [-0.25, -0.2) is 0 Å². The summed E-state index contributed by atoms with van der Waals surface area (Å²) in [6.07, 6.45) is 35.5. The summed E-state index contributed by atoms with van der Waals surface area (Å²) in [6, 6.07) is 0. The fourth-order valence-electron chi connectivity index (χ4n) is 5.53. The fraction of sp³-hybridized carbons (Fsp3) is 0.889. The molecule has 0 amide bonds. The minimum atomic E-state index is -0.965. The minimum Gasteiger partial charge on any atom is -0.481 e. The maximum atomic E-state index is 12.5. The first-order valence-corrected chi connectivity index (χ1v) is 17.6. The van der Waals surface area contributed by atoms with Crippen molar-refractivity contribution in [2.75, 3.05) is 0 Å². The number of carbonyl (C=O) groups is 2. The fourth-order valence-corrected chi connectivity index (χ4v) is 5.53. The van der Waals surface area contributed by atoms with E-state index in [0.717, 1.165) is 64.2 Å². The van der Waals surface area contributed by atoms with Gasteiger partial charge in [0.15, 0.2) is 0 Å². The molecular formula is C36H68O4. The molecule has 0 rings (SSSR count). The minimum absolute atomic E-state index is 0.0974. The number of carbonyl (C=O) groups excluding carboxylic acids is 1. The molecule has 0 spiro atoms. The van der Waals surface area contributed by atoms with Crippen molar-refractivity contribution in [3.63, 3.8) is 0 Å². The first-order chi connectivity index (χ1) is 19.5. The molecule has 0 aliphatic carbocycles. The third kappa shape index (κ3) is 27.0. The number of Topliss-reactive ketones (excluding diaryl/α,β-unsaturated/α-hetero) is 1. The summed E-state index contributed by atoms with van der Waals surface area (Å²) in [7, 11) is 0. The zero-order chi connectivity index (χ0) is 29.5. The van der Waals surface area contributed by atoms with Crippen molar-refractivity contribution in [2.24, 2.45) is 5.92 Å². The number of ketones is 1. The van der Waals surface area contributed by atoms with Crippen LogP contribution in [0.5, 0.6) is 0 Å². The topological polar surface area (TPSA) is 74.6 Å². The van der Waals surface area contributed by atoms with Crippen molar-refractivity contribution in [1.29, 1.82) is 0 Å². The molecule has 0 aromatic heterocycles. The Hall–Kier alpha value is -1.16. The lowest BCUT2D eigenvalue weighted by atomic mass is 9.92. The number of aliphatic hydroxyl groups excluding tert-OH is 1. The van der Waals surface area contributed by atoms with Crippen LogP contribution in [-0.4, -0.2) is 28.1 Å². The molecule has 0 fully saturated rings. The summed E-state index contributed by atoms with van der Waals surface area (Å²) in [6.45, 7) is 4.50. The quantitative estimate of drug-likeness (QED) is 0.0484. The number of unbranched alkanes of at least 4 members (excludes halogenated alkanes) is 20. The second-order valence-corrected chi connectivity index (χ2v) is 12.2. The van der Waals surface area contributed by atoms with Crippen molar-refractivity contribution >= 4 is 11.8 Å². The molecule has 2 atom stereocenters. The molecule has 4 nitrogen and oxygen atoms in total. The van der Waals surface area contributed by atoms with Crippen molar-refractivity contribution in [2.45, 2.75) is 200 Å². The molecule has 0 bridgehead atoms. The van der Waals surface area contributed by atoms with Crippen molar-refractivity contribution < 1.29 is 19.8 Å². The van der Waals surface area contributed by atoms with E-state index in [1.165, 1.54) is 103 Å². The molecule has 2 unspecified atom stereocenters. The Morgan fingerprint density at radius 1 is 0.525 bits per heavy atom. The van der Waals surface area contributed by atoms with Crippen LogP contribution in [0.4, 0.5) is 0 Å². The summed E-state index contributed by atoms with van der Waals surface area (Å²) in [4.78, 5) is 24.2. The van der Waals surface area contributed by atoms with Gasteiger partial charge in [-0.1, -0.05) is 148 Å². The van der Waals surface area contributed by atoms with Gasteiger partial charge in [0.25, 0.3) is 0 Å². The van der Waals surface area contributed by atoms with E-state index in [9.17, 15) is 19.8 Å². The number of carboxylic acid groups (broad SMARTS) is 1. The number of carboxylic acids is 1. The number of allylic oxidation sites excluding steroid dienone is 2. The summed E-state index contributed by atoms with van der Waals surface area (Å²) >= 11 is 0. The van der Waals surface area contributed by atoms with E-state index < -0.39 is 11.9 Å².